The Bertz CT molecular complexity index is 292. The average Bonchev–Trinajstić information content (AvgIpc) is 2.27. The molecule has 0 aromatic carbocycles. The molecule has 0 aromatic rings. The Kier molecular flexibility index (Phi) is 4.19. The van der Waals surface area contributed by atoms with E-state index >= 15 is 0 Å². The number of hydrogen-bond acceptors (Lipinski definition) is 2. The topological polar surface area (TPSA) is 49.4 Å². The molecule has 0 saturated carbocycles. The van der Waals surface area contributed by atoms with Gasteiger partial charge in [0.2, 0.25) is 11.8 Å². The summed E-state index contributed by atoms with van der Waals surface area (Å²) in [7, 11) is 0. The molecule has 1 rings (SSSR count). The summed E-state index contributed by atoms with van der Waals surface area (Å²) in [5.41, 5.74) is -0.605. The van der Waals surface area contributed by atoms with Crippen LogP contribution in [0.15, 0.2) is 0 Å². The third kappa shape index (κ3) is 2.48. The van der Waals surface area contributed by atoms with Gasteiger partial charge in [-0.2, -0.15) is 0 Å². The van der Waals surface area contributed by atoms with Crippen molar-refractivity contribution in [3.8, 4) is 0 Å². The molecule has 92 valence electrons. The second-order valence-corrected chi connectivity index (χ2v) is 5.00. The molecule has 1 N–H and O–H groups in total. The molecule has 5 heteroatoms. The monoisotopic (exact) mass is 246 g/mol. The van der Waals surface area contributed by atoms with Crippen molar-refractivity contribution in [1.29, 1.82) is 0 Å². The second-order valence-electron chi connectivity index (χ2n) is 4.73. The van der Waals surface area contributed by atoms with E-state index in [1.54, 1.807) is 4.90 Å². The molecule has 16 heavy (non-hydrogen) atoms. The smallest absolute Gasteiger partial charge is 0.242 e. The van der Waals surface area contributed by atoms with E-state index in [9.17, 15) is 9.59 Å². The number of nitrogens with one attached hydrogen (secondary N) is 1. The zero-order valence-electron chi connectivity index (χ0n) is 10.0. The van der Waals surface area contributed by atoms with Gasteiger partial charge >= 0.3 is 0 Å². The lowest BCUT2D eigenvalue weighted by molar-refractivity contribution is -0.149. The highest BCUT2D eigenvalue weighted by atomic mass is 35.5. The Morgan fingerprint density at radius 2 is 2.25 bits per heavy atom. The zero-order valence-corrected chi connectivity index (χ0v) is 10.8. The van der Waals surface area contributed by atoms with Gasteiger partial charge in [-0.3, -0.25) is 9.59 Å². The zero-order chi connectivity index (χ0) is 12.3. The van der Waals surface area contributed by atoms with Gasteiger partial charge in [-0.05, 0) is 20.3 Å². The molecule has 0 radical (unpaired) electrons. The van der Waals surface area contributed by atoms with Crippen LogP contribution < -0.4 is 5.32 Å². The van der Waals surface area contributed by atoms with E-state index in [2.05, 4.69) is 5.32 Å². The van der Waals surface area contributed by atoms with Crippen molar-refractivity contribution in [2.24, 2.45) is 5.41 Å². The first kappa shape index (κ1) is 13.3. The summed E-state index contributed by atoms with van der Waals surface area (Å²) in [5.74, 6) is 0.164. The molecule has 1 aliphatic rings. The average molecular weight is 247 g/mol. The van der Waals surface area contributed by atoms with Crippen molar-refractivity contribution in [3.63, 3.8) is 0 Å². The predicted molar refractivity (Wildman–Crippen MR) is 63.3 cm³/mol. The normalized spacial score (nSPS) is 21.9. The maximum absolute atomic E-state index is 12.2. The highest BCUT2D eigenvalue weighted by Crippen LogP contribution is 2.23. The minimum atomic E-state index is -0.605. The fourth-order valence-electron chi connectivity index (χ4n) is 1.81. The largest absolute Gasteiger partial charge is 0.353 e. The first-order valence-electron chi connectivity index (χ1n) is 5.58. The van der Waals surface area contributed by atoms with Crippen LogP contribution in [-0.4, -0.2) is 41.7 Å². The maximum Gasteiger partial charge on any atom is 0.242 e. The Labute approximate surface area is 101 Å². The summed E-state index contributed by atoms with van der Waals surface area (Å²) in [6.45, 7) is 6.62. The fraction of sp³-hybridized carbons (Fsp3) is 0.818. The van der Waals surface area contributed by atoms with Crippen molar-refractivity contribution in [2.45, 2.75) is 33.2 Å². The van der Waals surface area contributed by atoms with Gasteiger partial charge in [-0.25, -0.2) is 0 Å². The number of alkyl halides is 1. The Balaban J connectivity index is 2.85. The number of amides is 2. The van der Waals surface area contributed by atoms with E-state index in [0.717, 1.165) is 0 Å². The predicted octanol–water partition coefficient (Wildman–Crippen LogP) is 0.988. The SMILES string of the molecule is CCC1C(=O)NCCN1C(=O)C(C)(C)CCl. The molecule has 1 atom stereocenters. The lowest BCUT2D eigenvalue weighted by atomic mass is 9.92. The van der Waals surface area contributed by atoms with Crippen LogP contribution >= 0.6 is 11.6 Å². The fourth-order valence-corrected chi connectivity index (χ4v) is 1.92. The third-order valence-corrected chi connectivity index (χ3v) is 3.56. The quantitative estimate of drug-likeness (QED) is 0.755. The van der Waals surface area contributed by atoms with Crippen molar-refractivity contribution in [2.75, 3.05) is 19.0 Å². The molecule has 1 heterocycles. The van der Waals surface area contributed by atoms with Crippen molar-refractivity contribution >= 4 is 23.4 Å². The van der Waals surface area contributed by atoms with E-state index in [0.29, 0.717) is 19.5 Å². The summed E-state index contributed by atoms with van der Waals surface area (Å²) in [5, 5.41) is 2.77. The second kappa shape index (κ2) is 5.04. The number of nitrogens with zero attached hydrogens (tertiary/aromatic N) is 1. The highest BCUT2D eigenvalue weighted by molar-refractivity contribution is 6.19. The number of piperazine rings is 1. The van der Waals surface area contributed by atoms with Crippen LogP contribution in [0, 0.1) is 5.41 Å². The maximum atomic E-state index is 12.2. The highest BCUT2D eigenvalue weighted by Gasteiger charge is 2.38. The Morgan fingerprint density at radius 1 is 1.62 bits per heavy atom. The molecule has 0 aromatic heterocycles. The molecule has 0 bridgehead atoms. The van der Waals surface area contributed by atoms with Crippen LogP contribution in [0.25, 0.3) is 0 Å². The van der Waals surface area contributed by atoms with E-state index in [1.807, 2.05) is 20.8 Å². The number of hydrogen-bond donors (Lipinski definition) is 1. The van der Waals surface area contributed by atoms with Crippen LogP contribution in [0.3, 0.4) is 0 Å². The summed E-state index contributed by atoms with van der Waals surface area (Å²) in [4.78, 5) is 25.5. The first-order valence-corrected chi connectivity index (χ1v) is 6.12. The molecular weight excluding hydrogens is 228 g/mol. The molecule has 2 amide bonds. The van der Waals surface area contributed by atoms with Gasteiger partial charge < -0.3 is 10.2 Å². The van der Waals surface area contributed by atoms with Gasteiger partial charge in [0.25, 0.3) is 0 Å². The van der Waals surface area contributed by atoms with Gasteiger partial charge in [0.05, 0.1) is 5.41 Å². The molecular formula is C11H19ClN2O2. The lowest BCUT2D eigenvalue weighted by Crippen LogP contribution is -2.59. The van der Waals surface area contributed by atoms with Gasteiger partial charge in [0, 0.05) is 19.0 Å². The van der Waals surface area contributed by atoms with E-state index < -0.39 is 5.41 Å². The summed E-state index contributed by atoms with van der Waals surface area (Å²) in [6.07, 6.45) is 0.635. The van der Waals surface area contributed by atoms with Gasteiger partial charge in [-0.15, -0.1) is 11.6 Å². The number of halogens is 1. The molecule has 4 nitrogen and oxygen atoms in total. The molecule has 1 unspecified atom stereocenters. The molecule has 0 aliphatic carbocycles. The third-order valence-electron chi connectivity index (χ3n) is 2.89. The summed E-state index contributed by atoms with van der Waals surface area (Å²) >= 11 is 5.79. The molecule has 1 saturated heterocycles. The number of rotatable bonds is 3. The molecule has 1 aliphatic heterocycles. The van der Waals surface area contributed by atoms with Crippen LogP contribution in [0.4, 0.5) is 0 Å². The van der Waals surface area contributed by atoms with Crippen LogP contribution in [0.5, 0.6) is 0 Å². The summed E-state index contributed by atoms with van der Waals surface area (Å²) in [6, 6.07) is -0.344. The van der Waals surface area contributed by atoms with Crippen LogP contribution in [-0.2, 0) is 9.59 Å². The van der Waals surface area contributed by atoms with Crippen molar-refractivity contribution in [1.82, 2.24) is 10.2 Å². The Morgan fingerprint density at radius 3 is 2.75 bits per heavy atom. The molecule has 1 fully saturated rings. The number of carbonyl (C=O) groups is 2. The van der Waals surface area contributed by atoms with E-state index in [1.165, 1.54) is 0 Å². The van der Waals surface area contributed by atoms with Gasteiger partial charge in [0.15, 0.2) is 0 Å². The number of carbonyl (C=O) groups excluding carboxylic acids is 2. The standard InChI is InChI=1S/C11H19ClN2O2/c1-4-8-9(15)13-5-6-14(8)10(16)11(2,3)7-12/h8H,4-7H2,1-3H3,(H,13,15). The van der Waals surface area contributed by atoms with Crippen LogP contribution in [0.2, 0.25) is 0 Å². The van der Waals surface area contributed by atoms with Gasteiger partial charge in [-0.1, -0.05) is 6.92 Å². The van der Waals surface area contributed by atoms with E-state index in [-0.39, 0.29) is 23.7 Å². The van der Waals surface area contributed by atoms with Gasteiger partial charge in [0.1, 0.15) is 6.04 Å². The van der Waals surface area contributed by atoms with Crippen LogP contribution in [0.1, 0.15) is 27.2 Å². The van der Waals surface area contributed by atoms with Crippen molar-refractivity contribution < 1.29 is 9.59 Å². The Hall–Kier alpha value is -0.770. The summed E-state index contributed by atoms with van der Waals surface area (Å²) < 4.78 is 0. The molecule has 0 spiro atoms. The van der Waals surface area contributed by atoms with E-state index in [4.69, 9.17) is 11.6 Å². The lowest BCUT2D eigenvalue weighted by Gasteiger charge is -2.38. The minimum absolute atomic E-state index is 0.0378. The van der Waals surface area contributed by atoms with Crippen molar-refractivity contribution in [3.05, 3.63) is 0 Å². The first-order chi connectivity index (χ1) is 7.44. The minimum Gasteiger partial charge on any atom is -0.353 e.